The fourth-order valence-electron chi connectivity index (χ4n) is 2.89. The number of hydrogen-bond acceptors (Lipinski definition) is 4. The first kappa shape index (κ1) is 17.3. The topological polar surface area (TPSA) is 108 Å². The summed E-state index contributed by atoms with van der Waals surface area (Å²) in [6.07, 6.45) is 1.09. The van der Waals surface area contributed by atoms with Gasteiger partial charge in [-0.05, 0) is 39.5 Å². The lowest BCUT2D eigenvalue weighted by atomic mass is 9.61. The van der Waals surface area contributed by atoms with Gasteiger partial charge in [0.2, 0.25) is 11.8 Å². The molecule has 2 amide bonds. The average Bonchev–Trinajstić information content (AvgIpc) is 2.38. The first-order valence-electron chi connectivity index (χ1n) is 7.33. The highest BCUT2D eigenvalue weighted by atomic mass is 16.4. The highest BCUT2D eigenvalue weighted by molar-refractivity contribution is 6.08. The van der Waals surface area contributed by atoms with E-state index in [2.05, 4.69) is 10.5 Å². The van der Waals surface area contributed by atoms with Gasteiger partial charge in [-0.2, -0.15) is 0 Å². The van der Waals surface area contributed by atoms with Crippen LogP contribution < -0.4 is 11.1 Å². The van der Waals surface area contributed by atoms with Crippen molar-refractivity contribution in [1.29, 1.82) is 0 Å². The highest BCUT2D eigenvalue weighted by Gasteiger charge is 2.53. The standard InChI is InChI=1S/C14H26N4O3/c1-5-18(8-11(19)16-9(2)3)13(20)14(12(15)17-21)6-10(4)7-14/h9-10,21H,5-8H2,1-4H3,(H2,15,17)(H,16,19). The molecule has 0 atom stereocenters. The minimum atomic E-state index is -0.956. The van der Waals surface area contributed by atoms with Crippen LogP contribution in [0, 0.1) is 11.3 Å². The van der Waals surface area contributed by atoms with E-state index in [0.717, 1.165) is 0 Å². The van der Waals surface area contributed by atoms with Crippen LogP contribution in [0.2, 0.25) is 0 Å². The summed E-state index contributed by atoms with van der Waals surface area (Å²) in [6.45, 7) is 7.94. The maximum Gasteiger partial charge on any atom is 0.239 e. The normalized spacial score (nSPS) is 25.4. The fraction of sp³-hybridized carbons (Fsp3) is 0.786. The molecule has 0 bridgehead atoms. The van der Waals surface area contributed by atoms with Crippen LogP contribution in [-0.4, -0.2) is 46.9 Å². The Bertz CT molecular complexity index is 428. The molecule has 0 aromatic carbocycles. The van der Waals surface area contributed by atoms with Gasteiger partial charge in [0, 0.05) is 12.6 Å². The van der Waals surface area contributed by atoms with Gasteiger partial charge in [-0.1, -0.05) is 12.1 Å². The Morgan fingerprint density at radius 1 is 1.48 bits per heavy atom. The van der Waals surface area contributed by atoms with Crippen molar-refractivity contribution in [1.82, 2.24) is 10.2 Å². The second kappa shape index (κ2) is 6.78. The molecule has 0 spiro atoms. The van der Waals surface area contributed by atoms with E-state index in [0.29, 0.717) is 25.3 Å². The number of nitrogens with one attached hydrogen (secondary N) is 1. The first-order chi connectivity index (χ1) is 9.76. The minimum absolute atomic E-state index is 0.0116. The van der Waals surface area contributed by atoms with Crippen molar-refractivity contribution in [3.63, 3.8) is 0 Å². The van der Waals surface area contributed by atoms with Crippen LogP contribution in [-0.2, 0) is 9.59 Å². The summed E-state index contributed by atoms with van der Waals surface area (Å²) in [6, 6.07) is 0.0214. The van der Waals surface area contributed by atoms with Crippen LogP contribution in [0.1, 0.15) is 40.5 Å². The second-order valence-electron chi connectivity index (χ2n) is 6.12. The predicted octanol–water partition coefficient (Wildman–Crippen LogP) is 0.522. The van der Waals surface area contributed by atoms with Gasteiger partial charge >= 0.3 is 0 Å². The average molecular weight is 298 g/mol. The van der Waals surface area contributed by atoms with Crippen LogP contribution in [0.5, 0.6) is 0 Å². The maximum absolute atomic E-state index is 12.7. The summed E-state index contributed by atoms with van der Waals surface area (Å²) in [4.78, 5) is 26.0. The monoisotopic (exact) mass is 298 g/mol. The lowest BCUT2D eigenvalue weighted by Gasteiger charge is -2.46. The summed E-state index contributed by atoms with van der Waals surface area (Å²) in [5.41, 5.74) is 4.78. The third-order valence-corrected chi connectivity index (χ3v) is 3.85. The van der Waals surface area contributed by atoms with E-state index in [9.17, 15) is 9.59 Å². The maximum atomic E-state index is 12.7. The predicted molar refractivity (Wildman–Crippen MR) is 79.8 cm³/mol. The van der Waals surface area contributed by atoms with Crippen LogP contribution >= 0.6 is 0 Å². The number of likely N-dealkylation sites (N-methyl/N-ethyl adjacent to an activating group) is 1. The molecule has 1 saturated carbocycles. The largest absolute Gasteiger partial charge is 0.409 e. The Labute approximate surface area is 125 Å². The fourth-order valence-corrected chi connectivity index (χ4v) is 2.89. The van der Waals surface area contributed by atoms with E-state index in [1.54, 1.807) is 0 Å². The molecule has 120 valence electrons. The molecule has 1 aliphatic carbocycles. The Morgan fingerprint density at radius 2 is 2.05 bits per heavy atom. The third kappa shape index (κ3) is 3.65. The third-order valence-electron chi connectivity index (χ3n) is 3.85. The van der Waals surface area contributed by atoms with E-state index >= 15 is 0 Å². The van der Waals surface area contributed by atoms with Crippen molar-refractivity contribution >= 4 is 17.6 Å². The van der Waals surface area contributed by atoms with Crippen LogP contribution in [0.25, 0.3) is 0 Å². The van der Waals surface area contributed by atoms with Crippen LogP contribution in [0.3, 0.4) is 0 Å². The molecule has 0 radical (unpaired) electrons. The van der Waals surface area contributed by atoms with Gasteiger partial charge in [-0.3, -0.25) is 9.59 Å². The van der Waals surface area contributed by atoms with Gasteiger partial charge < -0.3 is 21.2 Å². The number of carbonyl (C=O) groups is 2. The zero-order chi connectivity index (χ0) is 16.2. The lowest BCUT2D eigenvalue weighted by Crippen LogP contribution is -2.59. The number of nitrogens with zero attached hydrogens (tertiary/aromatic N) is 2. The van der Waals surface area contributed by atoms with Crippen molar-refractivity contribution in [3.8, 4) is 0 Å². The number of nitrogens with two attached hydrogens (primary N) is 1. The van der Waals surface area contributed by atoms with Crippen molar-refractivity contribution < 1.29 is 14.8 Å². The lowest BCUT2D eigenvalue weighted by molar-refractivity contribution is -0.146. The van der Waals surface area contributed by atoms with Gasteiger partial charge in [0.05, 0.1) is 6.54 Å². The van der Waals surface area contributed by atoms with Gasteiger partial charge in [0.1, 0.15) is 5.41 Å². The van der Waals surface area contributed by atoms with E-state index in [-0.39, 0.29) is 30.2 Å². The van der Waals surface area contributed by atoms with Crippen LogP contribution in [0.15, 0.2) is 5.16 Å². The van der Waals surface area contributed by atoms with Crippen molar-refractivity contribution in [3.05, 3.63) is 0 Å². The Balaban J connectivity index is 2.84. The number of amides is 2. The Hall–Kier alpha value is -1.79. The quantitative estimate of drug-likeness (QED) is 0.287. The molecule has 0 unspecified atom stereocenters. The van der Waals surface area contributed by atoms with Crippen LogP contribution in [0.4, 0.5) is 0 Å². The summed E-state index contributed by atoms with van der Waals surface area (Å²) in [5.74, 6) is -0.162. The molecule has 0 aromatic heterocycles. The van der Waals surface area contributed by atoms with Gasteiger partial charge in [0.25, 0.3) is 0 Å². The molecule has 0 heterocycles. The summed E-state index contributed by atoms with van der Waals surface area (Å²) in [7, 11) is 0. The zero-order valence-electron chi connectivity index (χ0n) is 13.2. The first-order valence-corrected chi connectivity index (χ1v) is 7.33. The molecule has 0 aromatic rings. The van der Waals surface area contributed by atoms with E-state index < -0.39 is 5.41 Å². The number of amidine groups is 1. The van der Waals surface area contributed by atoms with Crippen molar-refractivity contribution in [2.24, 2.45) is 22.2 Å². The molecule has 0 saturated heterocycles. The number of hydrogen-bond donors (Lipinski definition) is 3. The van der Waals surface area contributed by atoms with Crippen molar-refractivity contribution in [2.45, 2.75) is 46.6 Å². The summed E-state index contributed by atoms with van der Waals surface area (Å²) in [5, 5.41) is 14.7. The SMILES string of the molecule is CCN(CC(=O)NC(C)C)C(=O)C1(C(N)=NO)CC(C)C1. The van der Waals surface area contributed by atoms with Gasteiger partial charge in [-0.15, -0.1) is 0 Å². The molecular formula is C14H26N4O3. The van der Waals surface area contributed by atoms with E-state index in [1.165, 1.54) is 4.90 Å². The highest BCUT2D eigenvalue weighted by Crippen LogP contribution is 2.47. The molecule has 7 heteroatoms. The summed E-state index contributed by atoms with van der Waals surface area (Å²) >= 11 is 0. The second-order valence-corrected chi connectivity index (χ2v) is 6.12. The Kier molecular flexibility index (Phi) is 5.57. The van der Waals surface area contributed by atoms with Crippen molar-refractivity contribution in [2.75, 3.05) is 13.1 Å². The van der Waals surface area contributed by atoms with E-state index in [1.807, 2.05) is 27.7 Å². The zero-order valence-corrected chi connectivity index (χ0v) is 13.2. The molecule has 21 heavy (non-hydrogen) atoms. The molecule has 1 aliphatic rings. The van der Waals surface area contributed by atoms with Gasteiger partial charge in [0.15, 0.2) is 5.84 Å². The molecule has 4 N–H and O–H groups in total. The molecular weight excluding hydrogens is 272 g/mol. The Morgan fingerprint density at radius 3 is 2.43 bits per heavy atom. The molecule has 0 aliphatic heterocycles. The number of carbonyl (C=O) groups excluding carboxylic acids is 2. The number of rotatable bonds is 6. The molecule has 7 nitrogen and oxygen atoms in total. The number of oxime groups is 1. The molecule has 1 rings (SSSR count). The summed E-state index contributed by atoms with van der Waals surface area (Å²) < 4.78 is 0. The smallest absolute Gasteiger partial charge is 0.239 e. The molecule has 1 fully saturated rings. The van der Waals surface area contributed by atoms with Gasteiger partial charge in [-0.25, -0.2) is 0 Å². The minimum Gasteiger partial charge on any atom is -0.409 e. The van der Waals surface area contributed by atoms with E-state index in [4.69, 9.17) is 10.9 Å².